The van der Waals surface area contributed by atoms with E-state index >= 15 is 0 Å². The summed E-state index contributed by atoms with van der Waals surface area (Å²) in [4.78, 5) is 16.5. The van der Waals surface area contributed by atoms with Gasteiger partial charge in [-0.05, 0) is 66.9 Å². The summed E-state index contributed by atoms with van der Waals surface area (Å²) in [5.41, 5.74) is 12.1. The quantitative estimate of drug-likeness (QED) is 0.260. The predicted molar refractivity (Wildman–Crippen MR) is 152 cm³/mol. The van der Waals surface area contributed by atoms with E-state index in [1.807, 2.05) is 91.2 Å². The first-order valence-corrected chi connectivity index (χ1v) is 13.1. The van der Waals surface area contributed by atoms with Crippen LogP contribution in [-0.2, 0) is 17.0 Å². The number of imidazole rings is 1. The number of nitrogens with two attached hydrogens (primary N) is 1. The standard InChI is InChI=1S/C22H16ClN3O3S.C7H9N/c1-14-24-20-10-9-17(22(27)25-30(28)29)12-21(20)26(14)13-18-8-7-16(11-19(18)23)15-5-3-2-4-6-15;1-6-2-4-7(8)5-3-6/h2-12H,13H2,1H3;2-5H,8H2,1H3. The van der Waals surface area contributed by atoms with Gasteiger partial charge in [0, 0.05) is 16.3 Å². The molecule has 192 valence electrons. The van der Waals surface area contributed by atoms with Crippen LogP contribution in [0.5, 0.6) is 0 Å². The van der Waals surface area contributed by atoms with Crippen molar-refractivity contribution in [1.82, 2.24) is 9.55 Å². The molecule has 0 aliphatic carbocycles. The molecule has 5 rings (SSSR count). The number of carbonyl (C=O) groups excluding carboxylic acids is 1. The van der Waals surface area contributed by atoms with Gasteiger partial charge in [0.15, 0.2) is 0 Å². The first-order valence-electron chi connectivity index (χ1n) is 11.7. The Morgan fingerprint density at radius 3 is 2.26 bits per heavy atom. The third kappa shape index (κ3) is 6.53. The van der Waals surface area contributed by atoms with Gasteiger partial charge in [0.25, 0.3) is 5.91 Å². The van der Waals surface area contributed by atoms with Crippen molar-refractivity contribution in [2.45, 2.75) is 20.4 Å². The van der Waals surface area contributed by atoms with Crippen molar-refractivity contribution in [3.63, 3.8) is 0 Å². The highest BCUT2D eigenvalue weighted by Gasteiger charge is 2.14. The maximum absolute atomic E-state index is 12.0. The van der Waals surface area contributed by atoms with Gasteiger partial charge >= 0.3 is 10.5 Å². The van der Waals surface area contributed by atoms with Crippen molar-refractivity contribution in [1.29, 1.82) is 0 Å². The van der Waals surface area contributed by atoms with Gasteiger partial charge in [0.05, 0.1) is 17.6 Å². The zero-order valence-electron chi connectivity index (χ0n) is 20.8. The van der Waals surface area contributed by atoms with Crippen molar-refractivity contribution in [3.8, 4) is 11.1 Å². The number of rotatable bonds is 4. The first-order chi connectivity index (χ1) is 18.2. The molecule has 38 heavy (non-hydrogen) atoms. The second kappa shape index (κ2) is 11.9. The molecule has 1 aromatic heterocycles. The maximum atomic E-state index is 12.0. The lowest BCUT2D eigenvalue weighted by Gasteiger charge is -2.11. The number of hydrogen-bond donors (Lipinski definition) is 1. The smallest absolute Gasteiger partial charge is 0.319 e. The molecule has 5 aromatic rings. The van der Waals surface area contributed by atoms with Crippen molar-refractivity contribution >= 4 is 44.7 Å². The number of nitrogens with zero attached hydrogens (tertiary/aromatic N) is 3. The molecule has 0 saturated carbocycles. The largest absolute Gasteiger partial charge is 0.399 e. The van der Waals surface area contributed by atoms with Crippen LogP contribution in [0.1, 0.15) is 27.3 Å². The Morgan fingerprint density at radius 2 is 1.63 bits per heavy atom. The van der Waals surface area contributed by atoms with Gasteiger partial charge in [-0.2, -0.15) is 8.42 Å². The molecule has 1 amide bonds. The van der Waals surface area contributed by atoms with Crippen LogP contribution in [0, 0.1) is 13.8 Å². The van der Waals surface area contributed by atoms with Gasteiger partial charge < -0.3 is 10.3 Å². The minimum Gasteiger partial charge on any atom is -0.399 e. The first kappa shape index (κ1) is 26.8. The molecule has 4 aromatic carbocycles. The summed E-state index contributed by atoms with van der Waals surface area (Å²) >= 11 is 6.57. The molecule has 0 radical (unpaired) electrons. The average Bonchev–Trinajstić information content (AvgIpc) is 3.21. The minimum absolute atomic E-state index is 0.179. The Kier molecular flexibility index (Phi) is 8.35. The number of carbonyl (C=O) groups is 1. The maximum Gasteiger partial charge on any atom is 0.319 e. The number of hydrogen-bond acceptors (Lipinski definition) is 5. The highest BCUT2D eigenvalue weighted by Crippen LogP contribution is 2.28. The lowest BCUT2D eigenvalue weighted by Crippen LogP contribution is -2.03. The lowest BCUT2D eigenvalue weighted by atomic mass is 10.0. The van der Waals surface area contributed by atoms with E-state index in [4.69, 9.17) is 17.3 Å². The summed E-state index contributed by atoms with van der Waals surface area (Å²) in [6, 6.07) is 28.5. The Balaban J connectivity index is 0.000000360. The van der Waals surface area contributed by atoms with Crippen LogP contribution < -0.4 is 5.73 Å². The van der Waals surface area contributed by atoms with Crippen molar-refractivity contribution in [2.24, 2.45) is 4.36 Å². The molecule has 0 unspecified atom stereocenters. The monoisotopic (exact) mass is 544 g/mol. The predicted octanol–water partition coefficient (Wildman–Crippen LogP) is 6.49. The molecule has 0 spiro atoms. The van der Waals surface area contributed by atoms with Gasteiger partial charge in [-0.15, -0.1) is 0 Å². The van der Waals surface area contributed by atoms with Gasteiger partial charge in [0.1, 0.15) is 5.82 Å². The summed E-state index contributed by atoms with van der Waals surface area (Å²) in [6.07, 6.45) is 0. The number of benzene rings is 4. The summed E-state index contributed by atoms with van der Waals surface area (Å²) in [5.74, 6) is -0.0666. The van der Waals surface area contributed by atoms with Gasteiger partial charge in [-0.3, -0.25) is 4.79 Å². The number of fused-ring (bicyclic) bond motifs is 1. The molecule has 0 bridgehead atoms. The molecule has 1 heterocycles. The van der Waals surface area contributed by atoms with Gasteiger partial charge in [-0.1, -0.05) is 76.1 Å². The highest BCUT2D eigenvalue weighted by molar-refractivity contribution is 7.62. The molecular formula is C29H25ClN4O3S. The second-order valence-corrected chi connectivity index (χ2v) is 9.67. The lowest BCUT2D eigenvalue weighted by molar-refractivity contribution is 0.100. The Hall–Kier alpha value is -4.27. The van der Waals surface area contributed by atoms with Crippen molar-refractivity contribution in [3.05, 3.63) is 119 Å². The molecule has 0 aliphatic heterocycles. The summed E-state index contributed by atoms with van der Waals surface area (Å²) in [5, 5.41) is 0.626. The van der Waals surface area contributed by atoms with Crippen LogP contribution in [0.4, 0.5) is 5.69 Å². The Bertz CT molecular complexity index is 1720. The van der Waals surface area contributed by atoms with Crippen LogP contribution in [-0.4, -0.2) is 23.9 Å². The van der Waals surface area contributed by atoms with Gasteiger partial charge in [0.2, 0.25) is 0 Å². The number of aryl methyl sites for hydroxylation is 2. The fourth-order valence-corrected chi connectivity index (χ4v) is 4.40. The molecule has 0 aliphatic rings. The molecule has 7 nitrogen and oxygen atoms in total. The van der Waals surface area contributed by atoms with Crippen LogP contribution in [0.3, 0.4) is 0 Å². The third-order valence-electron chi connectivity index (χ3n) is 5.91. The minimum atomic E-state index is -2.80. The number of amides is 1. The average molecular weight is 545 g/mol. The summed E-state index contributed by atoms with van der Waals surface area (Å²) in [6.45, 7) is 4.36. The SMILES string of the molecule is Cc1ccc(N)cc1.Cc1nc2ccc(C(=O)N=S(=O)=O)cc2n1Cc1ccc(-c2ccccc2)cc1Cl. The Morgan fingerprint density at radius 1 is 0.921 bits per heavy atom. The fourth-order valence-electron chi connectivity index (χ4n) is 3.92. The van der Waals surface area contributed by atoms with E-state index < -0.39 is 16.4 Å². The molecule has 2 N–H and O–H groups in total. The number of aromatic nitrogens is 2. The second-order valence-electron chi connectivity index (χ2n) is 8.65. The molecular weight excluding hydrogens is 520 g/mol. The topological polar surface area (TPSA) is 107 Å². The van der Waals surface area contributed by atoms with Crippen molar-refractivity contribution < 1.29 is 13.2 Å². The zero-order chi connectivity index (χ0) is 27.2. The van der Waals surface area contributed by atoms with Crippen LogP contribution >= 0.6 is 11.6 Å². The van der Waals surface area contributed by atoms with Crippen molar-refractivity contribution in [2.75, 3.05) is 5.73 Å². The summed E-state index contributed by atoms with van der Waals surface area (Å²) in [7, 11) is -2.80. The molecule has 0 atom stereocenters. The number of anilines is 1. The fraction of sp³-hybridized carbons (Fsp3) is 0.103. The third-order valence-corrected chi connectivity index (χ3v) is 6.58. The van der Waals surface area contributed by atoms with Gasteiger partial charge in [-0.25, -0.2) is 4.98 Å². The van der Waals surface area contributed by atoms with Crippen LogP contribution in [0.15, 0.2) is 95.4 Å². The van der Waals surface area contributed by atoms with E-state index in [9.17, 15) is 13.2 Å². The van der Waals surface area contributed by atoms with E-state index in [0.29, 0.717) is 22.6 Å². The number of halogens is 1. The molecule has 0 fully saturated rings. The summed E-state index contributed by atoms with van der Waals surface area (Å²) < 4.78 is 26.4. The molecule has 9 heteroatoms. The molecule has 0 saturated heterocycles. The van der Waals surface area contributed by atoms with E-state index in [-0.39, 0.29) is 5.56 Å². The van der Waals surface area contributed by atoms with Crippen LogP contribution in [0.25, 0.3) is 22.2 Å². The van der Waals surface area contributed by atoms with E-state index in [1.54, 1.807) is 12.1 Å². The van der Waals surface area contributed by atoms with Crippen LogP contribution in [0.2, 0.25) is 5.02 Å². The van der Waals surface area contributed by atoms with E-state index in [2.05, 4.69) is 9.35 Å². The number of nitrogen functional groups attached to an aromatic ring is 1. The highest BCUT2D eigenvalue weighted by atomic mass is 35.5. The zero-order valence-corrected chi connectivity index (χ0v) is 22.4. The normalized spacial score (nSPS) is 10.5. The Labute approximate surface area is 227 Å². The van der Waals surface area contributed by atoms with E-state index in [1.165, 1.54) is 11.6 Å². The van der Waals surface area contributed by atoms with E-state index in [0.717, 1.165) is 28.2 Å².